The Labute approximate surface area is 126 Å². The average Bonchev–Trinajstić information content (AvgIpc) is 2.43. The van der Waals surface area contributed by atoms with Crippen molar-refractivity contribution in [2.45, 2.75) is 11.8 Å². The summed E-state index contributed by atoms with van der Waals surface area (Å²) in [6, 6.07) is 13.1. The van der Waals surface area contributed by atoms with Gasteiger partial charge in [-0.3, -0.25) is 4.72 Å². The first kappa shape index (κ1) is 14.6. The van der Waals surface area contributed by atoms with E-state index in [0.717, 1.165) is 5.56 Å². The summed E-state index contributed by atoms with van der Waals surface area (Å²) >= 11 is 3.31. The van der Waals surface area contributed by atoms with Crippen LogP contribution in [-0.4, -0.2) is 8.42 Å². The van der Waals surface area contributed by atoms with Crippen LogP contribution < -0.4 is 4.72 Å². The summed E-state index contributed by atoms with van der Waals surface area (Å²) in [6.45, 7) is 1.88. The number of sulfonamides is 1. The molecular formula is C14H11BrN2O2S. The topological polar surface area (TPSA) is 70.0 Å². The number of rotatable bonds is 3. The van der Waals surface area contributed by atoms with Gasteiger partial charge in [-0.15, -0.1) is 0 Å². The van der Waals surface area contributed by atoms with Crippen LogP contribution in [0.15, 0.2) is 51.8 Å². The molecule has 0 radical (unpaired) electrons. The van der Waals surface area contributed by atoms with Gasteiger partial charge in [0.1, 0.15) is 0 Å². The van der Waals surface area contributed by atoms with Gasteiger partial charge in [-0.2, -0.15) is 5.26 Å². The van der Waals surface area contributed by atoms with Crippen LogP contribution in [0, 0.1) is 18.3 Å². The third-order valence-corrected chi connectivity index (χ3v) is 4.73. The van der Waals surface area contributed by atoms with E-state index in [1.54, 1.807) is 12.1 Å². The molecule has 6 heteroatoms. The molecule has 0 aliphatic carbocycles. The van der Waals surface area contributed by atoms with Crippen LogP contribution in [-0.2, 0) is 10.0 Å². The van der Waals surface area contributed by atoms with Gasteiger partial charge in [0, 0.05) is 4.47 Å². The van der Waals surface area contributed by atoms with Crippen LogP contribution in [0.1, 0.15) is 11.1 Å². The molecule has 2 aromatic carbocycles. The van der Waals surface area contributed by atoms with Crippen LogP contribution >= 0.6 is 15.9 Å². The van der Waals surface area contributed by atoms with Gasteiger partial charge < -0.3 is 0 Å². The summed E-state index contributed by atoms with van der Waals surface area (Å²) in [6.07, 6.45) is 0. The maximum Gasteiger partial charge on any atom is 0.261 e. The van der Waals surface area contributed by atoms with Gasteiger partial charge in [0.15, 0.2) is 0 Å². The van der Waals surface area contributed by atoms with E-state index in [9.17, 15) is 8.42 Å². The number of nitrogens with zero attached hydrogens (tertiary/aromatic N) is 1. The lowest BCUT2D eigenvalue weighted by Crippen LogP contribution is -2.13. The lowest BCUT2D eigenvalue weighted by atomic mass is 10.2. The van der Waals surface area contributed by atoms with Crippen molar-refractivity contribution in [3.05, 3.63) is 58.1 Å². The van der Waals surface area contributed by atoms with Crippen molar-refractivity contribution < 1.29 is 8.42 Å². The van der Waals surface area contributed by atoms with E-state index in [0.29, 0.717) is 15.7 Å². The van der Waals surface area contributed by atoms with Gasteiger partial charge in [-0.1, -0.05) is 6.07 Å². The minimum absolute atomic E-state index is 0.116. The third-order valence-electron chi connectivity index (χ3n) is 2.66. The molecule has 0 aromatic heterocycles. The van der Waals surface area contributed by atoms with Gasteiger partial charge in [0.2, 0.25) is 0 Å². The summed E-state index contributed by atoms with van der Waals surface area (Å²) in [5.74, 6) is 0. The Morgan fingerprint density at radius 2 is 1.80 bits per heavy atom. The van der Waals surface area contributed by atoms with Crippen LogP contribution in [0.25, 0.3) is 0 Å². The van der Waals surface area contributed by atoms with Crippen LogP contribution in [0.2, 0.25) is 0 Å². The molecule has 4 nitrogen and oxygen atoms in total. The maximum atomic E-state index is 12.2. The quantitative estimate of drug-likeness (QED) is 0.921. The van der Waals surface area contributed by atoms with Crippen molar-refractivity contribution in [3.8, 4) is 6.07 Å². The predicted octanol–water partition coefficient (Wildman–Crippen LogP) is 3.43. The van der Waals surface area contributed by atoms with E-state index in [1.807, 2.05) is 19.1 Å². The molecule has 0 saturated heterocycles. The molecule has 2 rings (SSSR count). The fourth-order valence-electron chi connectivity index (χ4n) is 1.63. The number of halogens is 1. The van der Waals surface area contributed by atoms with Crippen molar-refractivity contribution in [2.24, 2.45) is 0 Å². The Balaban J connectivity index is 2.35. The lowest BCUT2D eigenvalue weighted by molar-refractivity contribution is 0.601. The smallest absolute Gasteiger partial charge is 0.261 e. The Morgan fingerprint density at radius 3 is 2.40 bits per heavy atom. The molecule has 0 spiro atoms. The molecule has 0 fully saturated rings. The molecule has 2 aromatic rings. The molecule has 20 heavy (non-hydrogen) atoms. The average molecular weight is 351 g/mol. The summed E-state index contributed by atoms with van der Waals surface area (Å²) in [5.41, 5.74) is 1.85. The first-order chi connectivity index (χ1) is 9.42. The summed E-state index contributed by atoms with van der Waals surface area (Å²) in [5, 5.41) is 8.71. The van der Waals surface area contributed by atoms with E-state index < -0.39 is 10.0 Å². The summed E-state index contributed by atoms with van der Waals surface area (Å²) in [7, 11) is -3.67. The molecule has 0 atom stereocenters. The highest BCUT2D eigenvalue weighted by atomic mass is 79.9. The molecule has 0 amide bonds. The normalized spacial score (nSPS) is 10.8. The Bertz CT molecular complexity index is 778. The van der Waals surface area contributed by atoms with Gasteiger partial charge >= 0.3 is 0 Å². The first-order valence-electron chi connectivity index (χ1n) is 5.71. The Morgan fingerprint density at radius 1 is 1.15 bits per heavy atom. The van der Waals surface area contributed by atoms with Gasteiger partial charge in [0.25, 0.3) is 10.0 Å². The monoisotopic (exact) mass is 350 g/mol. The van der Waals surface area contributed by atoms with Crippen molar-refractivity contribution in [1.29, 1.82) is 5.26 Å². The minimum Gasteiger partial charge on any atom is -0.278 e. The lowest BCUT2D eigenvalue weighted by Gasteiger charge is -2.10. The number of benzene rings is 2. The molecule has 0 unspecified atom stereocenters. The standard InChI is InChI=1S/C14H11BrN2O2S/c1-10-2-7-13(15)14(8-10)17-20(18,19)12-5-3-11(9-16)4-6-12/h2-8,17H,1H3. The zero-order valence-corrected chi connectivity index (χ0v) is 13.0. The molecule has 102 valence electrons. The Kier molecular flexibility index (Phi) is 4.12. The molecule has 0 saturated carbocycles. The van der Waals surface area contributed by atoms with E-state index >= 15 is 0 Å². The van der Waals surface area contributed by atoms with Gasteiger partial charge in [0.05, 0.1) is 22.2 Å². The van der Waals surface area contributed by atoms with Crippen LogP contribution in [0.5, 0.6) is 0 Å². The first-order valence-corrected chi connectivity index (χ1v) is 7.99. The number of aryl methyl sites for hydroxylation is 1. The van der Waals surface area contributed by atoms with E-state index in [-0.39, 0.29) is 4.90 Å². The van der Waals surface area contributed by atoms with Crippen molar-refractivity contribution in [3.63, 3.8) is 0 Å². The Hall–Kier alpha value is -1.84. The minimum atomic E-state index is -3.67. The molecule has 0 bridgehead atoms. The highest BCUT2D eigenvalue weighted by molar-refractivity contribution is 9.10. The zero-order valence-electron chi connectivity index (χ0n) is 10.6. The molecule has 0 heterocycles. The van der Waals surface area contributed by atoms with Gasteiger partial charge in [-0.25, -0.2) is 8.42 Å². The van der Waals surface area contributed by atoms with E-state index in [2.05, 4.69) is 20.7 Å². The van der Waals surface area contributed by atoms with Crippen molar-refractivity contribution >= 4 is 31.6 Å². The van der Waals surface area contributed by atoms with Crippen molar-refractivity contribution in [1.82, 2.24) is 0 Å². The van der Waals surface area contributed by atoms with Crippen LogP contribution in [0.3, 0.4) is 0 Å². The fraction of sp³-hybridized carbons (Fsp3) is 0.0714. The second kappa shape index (κ2) is 5.65. The molecule has 1 N–H and O–H groups in total. The highest BCUT2D eigenvalue weighted by Crippen LogP contribution is 2.26. The van der Waals surface area contributed by atoms with E-state index in [4.69, 9.17) is 5.26 Å². The second-order valence-corrected chi connectivity index (χ2v) is 6.76. The molecular weight excluding hydrogens is 340 g/mol. The van der Waals surface area contributed by atoms with E-state index in [1.165, 1.54) is 24.3 Å². The fourth-order valence-corrected chi connectivity index (χ4v) is 3.18. The molecule has 0 aliphatic heterocycles. The summed E-state index contributed by atoms with van der Waals surface area (Å²) < 4.78 is 27.7. The SMILES string of the molecule is Cc1ccc(Br)c(NS(=O)(=O)c2ccc(C#N)cc2)c1. The largest absolute Gasteiger partial charge is 0.278 e. The maximum absolute atomic E-state index is 12.2. The summed E-state index contributed by atoms with van der Waals surface area (Å²) in [4.78, 5) is 0.116. The second-order valence-electron chi connectivity index (χ2n) is 4.22. The number of nitriles is 1. The number of nitrogens with one attached hydrogen (secondary N) is 1. The highest BCUT2D eigenvalue weighted by Gasteiger charge is 2.15. The number of anilines is 1. The number of hydrogen-bond donors (Lipinski definition) is 1. The zero-order chi connectivity index (χ0) is 14.8. The number of hydrogen-bond acceptors (Lipinski definition) is 3. The predicted molar refractivity (Wildman–Crippen MR) is 80.8 cm³/mol. The van der Waals surface area contributed by atoms with Crippen molar-refractivity contribution in [2.75, 3.05) is 4.72 Å². The molecule has 0 aliphatic rings. The van der Waals surface area contributed by atoms with Crippen LogP contribution in [0.4, 0.5) is 5.69 Å². The van der Waals surface area contributed by atoms with Gasteiger partial charge in [-0.05, 0) is 64.8 Å². The third kappa shape index (κ3) is 3.18.